The lowest BCUT2D eigenvalue weighted by Crippen LogP contribution is -1.99. The lowest BCUT2D eigenvalue weighted by molar-refractivity contribution is 1.53. The predicted octanol–water partition coefficient (Wildman–Crippen LogP) is 18.2. The predicted molar refractivity (Wildman–Crippen MR) is 271 cm³/mol. The van der Waals surface area contributed by atoms with Crippen molar-refractivity contribution in [3.05, 3.63) is 206 Å². The van der Waals surface area contributed by atoms with Crippen LogP contribution in [0.3, 0.4) is 0 Å². The first-order chi connectivity index (χ1) is 30.7. The first-order valence-corrected chi connectivity index (χ1v) is 23.0. The number of fused-ring (bicyclic) bond motifs is 20. The van der Waals surface area contributed by atoms with Crippen LogP contribution in [-0.2, 0) is 0 Å². The number of thiophene rings is 2. The molecule has 0 nitrogen and oxygen atoms in total. The standard InChI is InChI=1S/C60H34S2/c1-4-16-42-39(13-1)40-14-2-5-17-43(40)54-34-56-46-30-28-36(38-22-12-24-50-48-20-8-10-26-58(48)62-60(38)50)32-52(46)51-31-35(37-21-11-23-49-47-19-7-9-25-57(47)61-59(37)49)27-29-45(51)41-15-3-6-18-44(41)55(56)33-53(42)54/h1-34H. The molecule has 0 bridgehead atoms. The first-order valence-electron chi connectivity index (χ1n) is 21.3. The Morgan fingerprint density at radius 1 is 0.194 bits per heavy atom. The van der Waals surface area contributed by atoms with Crippen LogP contribution >= 0.6 is 22.7 Å². The normalized spacial score (nSPS) is 12.2. The quantitative estimate of drug-likeness (QED) is 0.152. The molecule has 2 heterocycles. The Hall–Kier alpha value is -7.36. The zero-order chi connectivity index (χ0) is 40.5. The van der Waals surface area contributed by atoms with Crippen molar-refractivity contribution in [1.82, 2.24) is 0 Å². The Balaban J connectivity index is 1.11. The monoisotopic (exact) mass is 818 g/mol. The maximum atomic E-state index is 2.51. The van der Waals surface area contributed by atoms with E-state index in [0.29, 0.717) is 0 Å². The zero-order valence-electron chi connectivity index (χ0n) is 33.4. The van der Waals surface area contributed by atoms with Gasteiger partial charge in [0.15, 0.2) is 0 Å². The van der Waals surface area contributed by atoms with Gasteiger partial charge in [-0.3, -0.25) is 0 Å². The Morgan fingerprint density at radius 2 is 0.516 bits per heavy atom. The number of hydrogen-bond donors (Lipinski definition) is 0. The number of benzene rings is 11. The Bertz CT molecular complexity index is 4050. The average Bonchev–Trinajstić information content (AvgIpc) is 3.92. The molecule has 0 atom stereocenters. The number of hydrogen-bond acceptors (Lipinski definition) is 2. The highest BCUT2D eigenvalue weighted by molar-refractivity contribution is 7.26. The van der Waals surface area contributed by atoms with Crippen LogP contribution in [0.5, 0.6) is 0 Å². The van der Waals surface area contributed by atoms with E-state index < -0.39 is 0 Å². The molecule has 1 aliphatic carbocycles. The van der Waals surface area contributed by atoms with E-state index in [-0.39, 0.29) is 0 Å². The second-order valence-electron chi connectivity index (χ2n) is 16.7. The van der Waals surface area contributed by atoms with Crippen molar-refractivity contribution < 1.29 is 0 Å². The van der Waals surface area contributed by atoms with Gasteiger partial charge in [0.1, 0.15) is 0 Å². The van der Waals surface area contributed by atoms with E-state index in [0.717, 1.165) is 0 Å². The van der Waals surface area contributed by atoms with Gasteiger partial charge in [0.2, 0.25) is 0 Å². The maximum absolute atomic E-state index is 2.51. The summed E-state index contributed by atoms with van der Waals surface area (Å²) in [5, 5.41) is 13.0. The molecule has 0 aliphatic heterocycles. The summed E-state index contributed by atoms with van der Waals surface area (Å²) in [6, 6.07) is 77.8. The molecule has 2 heteroatoms. The molecule has 0 unspecified atom stereocenters. The third-order valence-corrected chi connectivity index (χ3v) is 15.9. The van der Waals surface area contributed by atoms with Gasteiger partial charge < -0.3 is 0 Å². The van der Waals surface area contributed by atoms with Gasteiger partial charge in [-0.2, -0.15) is 0 Å². The highest BCUT2D eigenvalue weighted by Crippen LogP contribution is 2.53. The van der Waals surface area contributed by atoms with Crippen LogP contribution in [0.25, 0.3) is 139 Å². The van der Waals surface area contributed by atoms with Gasteiger partial charge in [-0.25, -0.2) is 0 Å². The number of rotatable bonds is 2. The minimum atomic E-state index is 1.23. The van der Waals surface area contributed by atoms with Crippen molar-refractivity contribution in [2.75, 3.05) is 0 Å². The highest BCUT2D eigenvalue weighted by atomic mass is 32.1. The fraction of sp³-hybridized carbons (Fsp3) is 0. The smallest absolute Gasteiger partial charge is 0.0433 e. The van der Waals surface area contributed by atoms with Crippen LogP contribution in [0.2, 0.25) is 0 Å². The zero-order valence-corrected chi connectivity index (χ0v) is 35.1. The molecule has 0 N–H and O–H groups in total. The molecule has 1 aliphatic rings. The molecule has 0 fully saturated rings. The fourth-order valence-electron chi connectivity index (χ4n) is 10.6. The van der Waals surface area contributed by atoms with Crippen LogP contribution < -0.4 is 0 Å². The largest absolute Gasteiger partial charge is 0.135 e. The van der Waals surface area contributed by atoms with Crippen molar-refractivity contribution >= 4 is 95.3 Å². The highest BCUT2D eigenvalue weighted by Gasteiger charge is 2.25. The molecule has 62 heavy (non-hydrogen) atoms. The van der Waals surface area contributed by atoms with Crippen LogP contribution in [0.15, 0.2) is 206 Å². The Morgan fingerprint density at radius 3 is 1.00 bits per heavy atom. The maximum Gasteiger partial charge on any atom is 0.0433 e. The van der Waals surface area contributed by atoms with E-state index in [9.17, 15) is 0 Å². The average molecular weight is 819 g/mol. The van der Waals surface area contributed by atoms with E-state index in [1.807, 2.05) is 22.7 Å². The molecular weight excluding hydrogens is 785 g/mol. The van der Waals surface area contributed by atoms with Crippen molar-refractivity contribution in [2.45, 2.75) is 0 Å². The molecule has 0 saturated heterocycles. The van der Waals surface area contributed by atoms with Crippen molar-refractivity contribution in [2.24, 2.45) is 0 Å². The van der Waals surface area contributed by atoms with Crippen molar-refractivity contribution in [3.8, 4) is 66.8 Å². The Labute approximate surface area is 366 Å². The summed E-state index contributed by atoms with van der Waals surface area (Å²) >= 11 is 3.80. The minimum Gasteiger partial charge on any atom is -0.135 e. The van der Waals surface area contributed by atoms with Gasteiger partial charge in [-0.1, -0.05) is 170 Å². The molecule has 13 aromatic rings. The molecule has 11 aromatic carbocycles. The topological polar surface area (TPSA) is 0 Å². The summed E-state index contributed by atoms with van der Waals surface area (Å²) in [4.78, 5) is 0. The molecular formula is C60H34S2. The molecule has 2 aromatic heterocycles. The minimum absolute atomic E-state index is 1.23. The van der Waals surface area contributed by atoms with E-state index in [1.54, 1.807) is 0 Å². The second-order valence-corrected chi connectivity index (χ2v) is 18.8. The van der Waals surface area contributed by atoms with Crippen LogP contribution in [-0.4, -0.2) is 0 Å². The summed E-state index contributed by atoms with van der Waals surface area (Å²) < 4.78 is 5.31. The van der Waals surface area contributed by atoms with Gasteiger partial charge in [0.05, 0.1) is 0 Å². The SMILES string of the molecule is c1ccc2c(c1)-c1ccc(-c3cccc4c3sc3ccccc34)cc1-c1cc(-c3cccc4c3sc3ccccc34)ccc1-c1cc3c4ccccc4c4ccccc4c3cc1-2. The molecule has 0 spiro atoms. The fourth-order valence-corrected chi connectivity index (χ4v) is 13.1. The lowest BCUT2D eigenvalue weighted by atomic mass is 9.78. The summed E-state index contributed by atoms with van der Waals surface area (Å²) in [6.45, 7) is 0. The molecule has 0 amide bonds. The summed E-state index contributed by atoms with van der Waals surface area (Å²) in [6.07, 6.45) is 0. The Kier molecular flexibility index (Phi) is 7.24. The van der Waals surface area contributed by atoms with E-state index >= 15 is 0 Å². The van der Waals surface area contributed by atoms with E-state index in [2.05, 4.69) is 206 Å². The van der Waals surface area contributed by atoms with Crippen LogP contribution in [0, 0.1) is 0 Å². The van der Waals surface area contributed by atoms with Gasteiger partial charge in [0, 0.05) is 40.3 Å². The summed E-state index contributed by atoms with van der Waals surface area (Å²) in [7, 11) is 0. The molecule has 0 radical (unpaired) electrons. The second kappa shape index (κ2) is 13.1. The van der Waals surface area contributed by atoms with E-state index in [1.165, 1.54) is 139 Å². The third-order valence-electron chi connectivity index (χ3n) is 13.4. The van der Waals surface area contributed by atoms with Gasteiger partial charge in [-0.15, -0.1) is 22.7 Å². The van der Waals surface area contributed by atoms with Crippen LogP contribution in [0.1, 0.15) is 0 Å². The first kappa shape index (κ1) is 34.4. The summed E-state index contributed by atoms with van der Waals surface area (Å²) in [5.74, 6) is 0. The lowest BCUT2D eigenvalue weighted by Gasteiger charge is -2.25. The molecule has 14 rings (SSSR count). The van der Waals surface area contributed by atoms with Crippen LogP contribution in [0.4, 0.5) is 0 Å². The van der Waals surface area contributed by atoms with E-state index in [4.69, 9.17) is 0 Å². The third kappa shape index (κ3) is 4.88. The van der Waals surface area contributed by atoms with Crippen molar-refractivity contribution in [3.63, 3.8) is 0 Å². The van der Waals surface area contributed by atoms with Gasteiger partial charge in [0.25, 0.3) is 0 Å². The molecule has 286 valence electrons. The van der Waals surface area contributed by atoms with Gasteiger partial charge in [-0.05, 0) is 135 Å². The van der Waals surface area contributed by atoms with Gasteiger partial charge >= 0.3 is 0 Å². The van der Waals surface area contributed by atoms with Crippen molar-refractivity contribution in [1.29, 1.82) is 0 Å². The molecule has 0 saturated carbocycles. The summed E-state index contributed by atoms with van der Waals surface area (Å²) in [5.41, 5.74) is 15.1.